The van der Waals surface area contributed by atoms with E-state index in [1.165, 1.54) is 32.1 Å². The van der Waals surface area contributed by atoms with E-state index in [0.29, 0.717) is 53.4 Å². The first kappa shape index (κ1) is 23.0. The van der Waals surface area contributed by atoms with Gasteiger partial charge in [0.15, 0.2) is 11.5 Å². The molecule has 184 valence electrons. The average Bonchev–Trinajstić information content (AvgIpc) is 3.34. The molecule has 2 N–H and O–H groups in total. The van der Waals surface area contributed by atoms with Gasteiger partial charge in [0.2, 0.25) is 11.9 Å². The number of rotatable bonds is 7. The molecule has 1 aromatic carbocycles. The molecule has 1 amide bonds. The van der Waals surface area contributed by atoms with Gasteiger partial charge in [-0.1, -0.05) is 32.1 Å². The number of hydrogen-bond donors (Lipinski definition) is 2. The van der Waals surface area contributed by atoms with Gasteiger partial charge in [-0.05, 0) is 44.1 Å². The summed E-state index contributed by atoms with van der Waals surface area (Å²) in [6.45, 7) is 1.40. The van der Waals surface area contributed by atoms with Gasteiger partial charge < -0.3 is 19.7 Å². The third kappa shape index (κ3) is 4.34. The predicted molar refractivity (Wildman–Crippen MR) is 132 cm³/mol. The summed E-state index contributed by atoms with van der Waals surface area (Å²) in [4.78, 5) is 36.2. The number of amides is 1. The maximum Gasteiger partial charge on any atom is 0.260 e. The Labute approximate surface area is 200 Å². The molecule has 2 aliphatic carbocycles. The third-order valence-corrected chi connectivity index (χ3v) is 8.29. The number of fused-ring (bicyclic) bond motifs is 1. The highest BCUT2D eigenvalue weighted by atomic mass is 16.5. The van der Waals surface area contributed by atoms with Crippen LogP contribution in [-0.2, 0) is 4.79 Å². The van der Waals surface area contributed by atoms with Crippen molar-refractivity contribution in [2.45, 2.75) is 70.3 Å². The molecule has 2 aromatic rings. The van der Waals surface area contributed by atoms with Crippen LogP contribution in [0, 0.1) is 11.3 Å². The minimum Gasteiger partial charge on any atom is -0.493 e. The normalized spacial score (nSPS) is 20.8. The lowest BCUT2D eigenvalue weighted by molar-refractivity contribution is -0.134. The molecule has 8 nitrogen and oxygen atoms in total. The number of nitrogens with zero attached hydrogens (tertiary/aromatic N) is 2. The van der Waals surface area contributed by atoms with Crippen LogP contribution in [0.3, 0.4) is 0 Å². The van der Waals surface area contributed by atoms with Gasteiger partial charge >= 0.3 is 0 Å². The molecule has 1 saturated heterocycles. The van der Waals surface area contributed by atoms with Crippen LogP contribution < -0.4 is 25.2 Å². The molecule has 0 bridgehead atoms. The number of piperidine rings is 1. The van der Waals surface area contributed by atoms with Gasteiger partial charge in [0, 0.05) is 25.2 Å². The third-order valence-electron chi connectivity index (χ3n) is 8.29. The number of nitrogens with one attached hydrogen (secondary N) is 2. The number of carbonyl (C=O) groups is 1. The number of carbonyl (C=O) groups excluding carboxylic acids is 1. The van der Waals surface area contributed by atoms with Crippen LogP contribution in [-0.4, -0.2) is 49.2 Å². The zero-order valence-corrected chi connectivity index (χ0v) is 20.3. The summed E-state index contributed by atoms with van der Waals surface area (Å²) in [5.74, 6) is 2.52. The van der Waals surface area contributed by atoms with Gasteiger partial charge in [-0.2, -0.15) is 0 Å². The Morgan fingerprint density at radius 1 is 1.09 bits per heavy atom. The highest BCUT2D eigenvalue weighted by molar-refractivity contribution is 5.84. The molecule has 5 rings (SSSR count). The SMILES string of the molecule is COc1cc2nc(N3CCC(CC4CCC4)(C(=O)NC4CCCC4)CC3)[nH]c(=O)c2cc1OC. The van der Waals surface area contributed by atoms with E-state index >= 15 is 0 Å². The summed E-state index contributed by atoms with van der Waals surface area (Å²) in [6.07, 6.45) is 11.0. The molecule has 0 spiro atoms. The van der Waals surface area contributed by atoms with Crippen molar-refractivity contribution >= 4 is 22.8 Å². The molecule has 3 aliphatic rings. The molecule has 0 unspecified atom stereocenters. The molecule has 2 heterocycles. The van der Waals surface area contributed by atoms with Crippen LogP contribution >= 0.6 is 0 Å². The highest BCUT2D eigenvalue weighted by Gasteiger charge is 2.44. The Morgan fingerprint density at radius 3 is 2.38 bits per heavy atom. The summed E-state index contributed by atoms with van der Waals surface area (Å²) in [7, 11) is 3.12. The number of methoxy groups -OCH3 is 2. The van der Waals surface area contributed by atoms with Crippen LogP contribution in [0.2, 0.25) is 0 Å². The second-order valence-corrected chi connectivity index (χ2v) is 10.3. The molecular formula is C26H36N4O4. The van der Waals surface area contributed by atoms with E-state index in [9.17, 15) is 9.59 Å². The molecule has 8 heteroatoms. The van der Waals surface area contributed by atoms with E-state index in [4.69, 9.17) is 14.5 Å². The monoisotopic (exact) mass is 468 g/mol. The Bertz CT molecular complexity index is 1100. The van der Waals surface area contributed by atoms with Crippen molar-refractivity contribution in [2.75, 3.05) is 32.2 Å². The van der Waals surface area contributed by atoms with Crippen LogP contribution in [0.1, 0.15) is 64.2 Å². The van der Waals surface area contributed by atoms with Crippen LogP contribution in [0.25, 0.3) is 10.9 Å². The second kappa shape index (κ2) is 9.47. The van der Waals surface area contributed by atoms with E-state index in [-0.39, 0.29) is 16.9 Å². The molecule has 0 atom stereocenters. The number of H-pyrrole nitrogens is 1. The van der Waals surface area contributed by atoms with Gasteiger partial charge in [0.1, 0.15) is 0 Å². The summed E-state index contributed by atoms with van der Waals surface area (Å²) in [5, 5.41) is 3.86. The lowest BCUT2D eigenvalue weighted by Crippen LogP contribution is -2.52. The maximum absolute atomic E-state index is 13.5. The molecule has 1 aliphatic heterocycles. The summed E-state index contributed by atoms with van der Waals surface area (Å²) >= 11 is 0. The Balaban J connectivity index is 1.36. The standard InChI is InChI=1S/C26H36N4O4/c1-33-21-14-19-20(15-22(21)34-2)28-25(29-23(19)31)30-12-10-26(11-13-30,16-17-6-5-7-17)24(32)27-18-8-3-4-9-18/h14-15,17-18H,3-13,16H2,1-2H3,(H,27,32)(H,28,29,31). The lowest BCUT2D eigenvalue weighted by Gasteiger charge is -2.44. The number of aromatic amines is 1. The fourth-order valence-electron chi connectivity index (χ4n) is 5.93. The Kier molecular flexibility index (Phi) is 6.40. The smallest absolute Gasteiger partial charge is 0.260 e. The van der Waals surface area contributed by atoms with E-state index in [1.807, 2.05) is 0 Å². The van der Waals surface area contributed by atoms with Crippen molar-refractivity contribution in [3.8, 4) is 11.5 Å². The fraction of sp³-hybridized carbons (Fsp3) is 0.654. The summed E-state index contributed by atoms with van der Waals surface area (Å²) in [5.41, 5.74) is 0.0608. The zero-order chi connectivity index (χ0) is 23.7. The number of anilines is 1. The number of hydrogen-bond acceptors (Lipinski definition) is 6. The number of ether oxygens (including phenoxy) is 2. The van der Waals surface area contributed by atoms with Crippen LogP contribution in [0.4, 0.5) is 5.95 Å². The van der Waals surface area contributed by atoms with Crippen molar-refractivity contribution in [3.63, 3.8) is 0 Å². The van der Waals surface area contributed by atoms with Gasteiger partial charge in [0.25, 0.3) is 5.56 Å². The molecule has 3 fully saturated rings. The Morgan fingerprint density at radius 2 is 1.76 bits per heavy atom. The first-order valence-electron chi connectivity index (χ1n) is 12.7. The van der Waals surface area contributed by atoms with E-state index in [2.05, 4.69) is 15.2 Å². The van der Waals surface area contributed by atoms with Crippen LogP contribution in [0.5, 0.6) is 11.5 Å². The Hall–Kier alpha value is -2.77. The van der Waals surface area contributed by atoms with Crippen molar-refractivity contribution < 1.29 is 14.3 Å². The second-order valence-electron chi connectivity index (χ2n) is 10.3. The lowest BCUT2D eigenvalue weighted by atomic mass is 9.66. The minimum absolute atomic E-state index is 0.203. The summed E-state index contributed by atoms with van der Waals surface area (Å²) < 4.78 is 10.7. The van der Waals surface area contributed by atoms with Gasteiger partial charge in [-0.25, -0.2) is 4.98 Å². The molecule has 0 radical (unpaired) electrons. The fourth-order valence-corrected chi connectivity index (χ4v) is 5.93. The minimum atomic E-state index is -0.308. The summed E-state index contributed by atoms with van der Waals surface area (Å²) in [6, 6.07) is 3.75. The number of benzene rings is 1. The van der Waals surface area contributed by atoms with Gasteiger partial charge in [-0.15, -0.1) is 0 Å². The van der Waals surface area contributed by atoms with Crippen molar-refractivity contribution in [1.82, 2.24) is 15.3 Å². The van der Waals surface area contributed by atoms with Gasteiger partial charge in [0.05, 0.1) is 30.5 Å². The van der Waals surface area contributed by atoms with Crippen molar-refractivity contribution in [3.05, 3.63) is 22.5 Å². The van der Waals surface area contributed by atoms with E-state index in [0.717, 1.165) is 32.1 Å². The largest absolute Gasteiger partial charge is 0.493 e. The van der Waals surface area contributed by atoms with Crippen molar-refractivity contribution in [2.24, 2.45) is 11.3 Å². The maximum atomic E-state index is 13.5. The average molecular weight is 469 g/mol. The zero-order valence-electron chi connectivity index (χ0n) is 20.3. The molecular weight excluding hydrogens is 432 g/mol. The van der Waals surface area contributed by atoms with E-state index < -0.39 is 0 Å². The molecule has 1 aromatic heterocycles. The first-order chi connectivity index (χ1) is 16.5. The van der Waals surface area contributed by atoms with Crippen molar-refractivity contribution in [1.29, 1.82) is 0 Å². The predicted octanol–water partition coefficient (Wildman–Crippen LogP) is 3.78. The highest BCUT2D eigenvalue weighted by Crippen LogP contribution is 2.44. The molecule has 34 heavy (non-hydrogen) atoms. The molecule has 2 saturated carbocycles. The quantitative estimate of drug-likeness (QED) is 0.642. The van der Waals surface area contributed by atoms with Crippen LogP contribution in [0.15, 0.2) is 16.9 Å². The topological polar surface area (TPSA) is 96.5 Å². The first-order valence-corrected chi connectivity index (χ1v) is 12.7. The van der Waals surface area contributed by atoms with Gasteiger partial charge in [-0.3, -0.25) is 14.6 Å². The number of aromatic nitrogens is 2. The van der Waals surface area contributed by atoms with E-state index in [1.54, 1.807) is 26.4 Å².